The summed E-state index contributed by atoms with van der Waals surface area (Å²) < 4.78 is 1.81. The highest BCUT2D eigenvalue weighted by molar-refractivity contribution is 5.16. The molecule has 16 heavy (non-hydrogen) atoms. The first kappa shape index (κ1) is 13.2. The van der Waals surface area contributed by atoms with Crippen molar-refractivity contribution in [1.29, 1.82) is 0 Å². The molecule has 0 aromatic carbocycles. The number of likely N-dealkylation sites (N-methyl/N-ethyl adjacent to an activating group) is 1. The van der Waals surface area contributed by atoms with Gasteiger partial charge in [0.05, 0.1) is 12.2 Å². The van der Waals surface area contributed by atoms with Gasteiger partial charge in [0.15, 0.2) is 0 Å². The molecule has 92 valence electrons. The predicted molar refractivity (Wildman–Crippen MR) is 67.1 cm³/mol. The monoisotopic (exact) mass is 224 g/mol. The molecular weight excluding hydrogens is 200 g/mol. The molecule has 0 aliphatic carbocycles. The lowest BCUT2D eigenvalue weighted by atomic mass is 9.81. The Labute approximate surface area is 98.4 Å². The van der Waals surface area contributed by atoms with Crippen LogP contribution in [0, 0.1) is 0 Å². The summed E-state index contributed by atoms with van der Waals surface area (Å²) in [5.41, 5.74) is 7.54. The molecule has 1 atom stereocenters. The summed E-state index contributed by atoms with van der Waals surface area (Å²) in [6.07, 6.45) is 5.95. The van der Waals surface area contributed by atoms with E-state index in [4.69, 9.17) is 5.73 Å². The smallest absolute Gasteiger partial charge is 0.0538 e. The Morgan fingerprint density at radius 2 is 2.00 bits per heavy atom. The molecule has 1 heterocycles. The normalized spacial score (nSPS) is 14.4. The van der Waals surface area contributed by atoms with E-state index in [1.54, 1.807) is 4.68 Å². The maximum atomic E-state index is 6.41. The molecule has 4 heteroatoms. The van der Waals surface area contributed by atoms with Crippen molar-refractivity contribution in [3.8, 4) is 0 Å². The molecule has 1 rings (SSSR count). The number of nitrogens with two attached hydrogens (primary N) is 1. The van der Waals surface area contributed by atoms with Gasteiger partial charge < -0.3 is 10.6 Å². The third kappa shape index (κ3) is 2.13. The van der Waals surface area contributed by atoms with Gasteiger partial charge in [-0.2, -0.15) is 5.10 Å². The van der Waals surface area contributed by atoms with Gasteiger partial charge in [-0.25, -0.2) is 0 Å². The molecule has 1 unspecified atom stereocenters. The van der Waals surface area contributed by atoms with E-state index in [9.17, 15) is 0 Å². The number of nitrogens with zero attached hydrogens (tertiary/aromatic N) is 3. The van der Waals surface area contributed by atoms with Gasteiger partial charge in [0.1, 0.15) is 0 Å². The fourth-order valence-corrected chi connectivity index (χ4v) is 2.51. The lowest BCUT2D eigenvalue weighted by Gasteiger charge is -2.43. The molecule has 4 nitrogen and oxygen atoms in total. The molecule has 0 saturated carbocycles. The highest BCUT2D eigenvalue weighted by Crippen LogP contribution is 2.33. The highest BCUT2D eigenvalue weighted by Gasteiger charge is 2.36. The maximum absolute atomic E-state index is 6.41. The Morgan fingerprint density at radius 3 is 2.31 bits per heavy atom. The van der Waals surface area contributed by atoms with Crippen molar-refractivity contribution in [3.05, 3.63) is 18.0 Å². The van der Waals surface area contributed by atoms with Crippen LogP contribution in [-0.4, -0.2) is 34.3 Å². The first-order valence-corrected chi connectivity index (χ1v) is 5.89. The number of hydrogen-bond donors (Lipinski definition) is 1. The van der Waals surface area contributed by atoms with E-state index >= 15 is 0 Å². The minimum atomic E-state index is 0.00574. The third-order valence-corrected chi connectivity index (χ3v) is 3.78. The Kier molecular flexibility index (Phi) is 4.10. The number of aromatic nitrogens is 2. The standard InChI is InChI=1S/C12H24N4/c1-6-12(7-2,15(3)4)11(13)10-8-14-16(5)9-10/h8-9,11H,6-7,13H2,1-5H3. The Balaban J connectivity index is 3.04. The van der Waals surface area contributed by atoms with Gasteiger partial charge in [0.25, 0.3) is 0 Å². The molecule has 0 aliphatic rings. The van der Waals surface area contributed by atoms with Gasteiger partial charge in [-0.05, 0) is 26.9 Å². The summed E-state index contributed by atoms with van der Waals surface area (Å²) in [6, 6.07) is 0.00574. The molecule has 0 fully saturated rings. The Bertz CT molecular complexity index is 326. The van der Waals surface area contributed by atoms with E-state index in [0.29, 0.717) is 0 Å². The summed E-state index contributed by atoms with van der Waals surface area (Å²) >= 11 is 0. The third-order valence-electron chi connectivity index (χ3n) is 3.78. The van der Waals surface area contributed by atoms with Gasteiger partial charge in [-0.3, -0.25) is 4.68 Å². The molecule has 1 aromatic heterocycles. The second-order valence-corrected chi connectivity index (χ2v) is 4.63. The van der Waals surface area contributed by atoms with Crippen molar-refractivity contribution in [2.45, 2.75) is 38.3 Å². The van der Waals surface area contributed by atoms with Crippen molar-refractivity contribution in [2.24, 2.45) is 12.8 Å². The van der Waals surface area contributed by atoms with Crippen molar-refractivity contribution in [1.82, 2.24) is 14.7 Å². The lowest BCUT2D eigenvalue weighted by molar-refractivity contribution is 0.106. The fourth-order valence-electron chi connectivity index (χ4n) is 2.51. The van der Waals surface area contributed by atoms with Crippen molar-refractivity contribution in [3.63, 3.8) is 0 Å². The largest absolute Gasteiger partial charge is 0.322 e. The van der Waals surface area contributed by atoms with Crippen LogP contribution in [0.5, 0.6) is 0 Å². The summed E-state index contributed by atoms with van der Waals surface area (Å²) in [5, 5.41) is 4.20. The number of aryl methyl sites for hydroxylation is 1. The molecule has 0 aliphatic heterocycles. The molecule has 1 aromatic rings. The second kappa shape index (κ2) is 4.97. The number of rotatable bonds is 5. The van der Waals surface area contributed by atoms with E-state index in [1.165, 1.54) is 0 Å². The Morgan fingerprint density at radius 1 is 1.44 bits per heavy atom. The zero-order valence-electron chi connectivity index (χ0n) is 11.1. The summed E-state index contributed by atoms with van der Waals surface area (Å²) in [5.74, 6) is 0. The van der Waals surface area contributed by atoms with Gasteiger partial charge >= 0.3 is 0 Å². The second-order valence-electron chi connectivity index (χ2n) is 4.63. The topological polar surface area (TPSA) is 47.1 Å². The molecule has 0 saturated heterocycles. The zero-order valence-corrected chi connectivity index (χ0v) is 11.1. The van der Waals surface area contributed by atoms with E-state index < -0.39 is 0 Å². The van der Waals surface area contributed by atoms with Crippen LogP contribution in [0.3, 0.4) is 0 Å². The molecule has 0 bridgehead atoms. The summed E-state index contributed by atoms with van der Waals surface area (Å²) in [7, 11) is 6.12. The summed E-state index contributed by atoms with van der Waals surface area (Å²) in [6.45, 7) is 4.39. The predicted octanol–water partition coefficient (Wildman–Crippen LogP) is 1.54. The van der Waals surface area contributed by atoms with E-state index in [1.807, 2.05) is 19.4 Å². The quantitative estimate of drug-likeness (QED) is 0.825. The van der Waals surface area contributed by atoms with E-state index in [2.05, 4.69) is 37.9 Å². The minimum absolute atomic E-state index is 0.00574. The minimum Gasteiger partial charge on any atom is -0.322 e. The first-order chi connectivity index (χ1) is 7.47. The molecule has 0 amide bonds. The first-order valence-electron chi connectivity index (χ1n) is 5.89. The zero-order chi connectivity index (χ0) is 12.3. The SMILES string of the molecule is CCC(CC)(C(N)c1cnn(C)c1)N(C)C. The summed E-state index contributed by atoms with van der Waals surface area (Å²) in [4.78, 5) is 2.24. The van der Waals surface area contributed by atoms with Gasteiger partial charge in [-0.1, -0.05) is 13.8 Å². The van der Waals surface area contributed by atoms with Crippen molar-refractivity contribution < 1.29 is 0 Å². The van der Waals surface area contributed by atoms with Crippen molar-refractivity contribution in [2.75, 3.05) is 14.1 Å². The average Bonchev–Trinajstić information content (AvgIpc) is 2.66. The average molecular weight is 224 g/mol. The maximum Gasteiger partial charge on any atom is 0.0538 e. The molecule has 0 radical (unpaired) electrons. The van der Waals surface area contributed by atoms with Crippen molar-refractivity contribution >= 4 is 0 Å². The van der Waals surface area contributed by atoms with Gasteiger partial charge in [-0.15, -0.1) is 0 Å². The number of hydrogen-bond acceptors (Lipinski definition) is 3. The van der Waals surface area contributed by atoms with Crippen LogP contribution in [0.15, 0.2) is 12.4 Å². The highest BCUT2D eigenvalue weighted by atomic mass is 15.2. The Hall–Kier alpha value is -0.870. The van der Waals surface area contributed by atoms with Crippen LogP contribution in [0.4, 0.5) is 0 Å². The fraction of sp³-hybridized carbons (Fsp3) is 0.750. The molecule has 0 spiro atoms. The van der Waals surface area contributed by atoms with E-state index in [-0.39, 0.29) is 11.6 Å². The van der Waals surface area contributed by atoms with Crippen LogP contribution in [-0.2, 0) is 7.05 Å². The molecule has 2 N–H and O–H groups in total. The van der Waals surface area contributed by atoms with Crippen LogP contribution < -0.4 is 5.73 Å². The van der Waals surface area contributed by atoms with Crippen LogP contribution in [0.2, 0.25) is 0 Å². The lowest BCUT2D eigenvalue weighted by Crippen LogP contribution is -2.51. The van der Waals surface area contributed by atoms with Gasteiger partial charge in [0.2, 0.25) is 0 Å². The van der Waals surface area contributed by atoms with Crippen LogP contribution >= 0.6 is 0 Å². The van der Waals surface area contributed by atoms with E-state index in [0.717, 1.165) is 18.4 Å². The van der Waals surface area contributed by atoms with Gasteiger partial charge in [0, 0.05) is 24.3 Å². The van der Waals surface area contributed by atoms with Crippen LogP contribution in [0.25, 0.3) is 0 Å². The van der Waals surface area contributed by atoms with Crippen LogP contribution in [0.1, 0.15) is 38.3 Å². The molecular formula is C12H24N4.